The van der Waals surface area contributed by atoms with Gasteiger partial charge in [-0.25, -0.2) is 0 Å². The summed E-state index contributed by atoms with van der Waals surface area (Å²) in [7, 11) is 0. The molecule has 2 N–H and O–H groups in total. The number of hydrogen-bond donors (Lipinski definition) is 1. The summed E-state index contributed by atoms with van der Waals surface area (Å²) in [5.41, 5.74) is 5.80. The summed E-state index contributed by atoms with van der Waals surface area (Å²) in [5, 5.41) is 20.0. The number of benzene rings is 1. The molecule has 1 aliphatic rings. The van der Waals surface area contributed by atoms with E-state index in [-0.39, 0.29) is 17.3 Å². The zero-order chi connectivity index (χ0) is 20.3. The van der Waals surface area contributed by atoms with E-state index >= 15 is 0 Å². The number of rotatable bonds is 6. The Morgan fingerprint density at radius 3 is 2.64 bits per heavy atom. The fourth-order valence-corrected chi connectivity index (χ4v) is 4.48. The summed E-state index contributed by atoms with van der Waals surface area (Å²) >= 11 is 2.62. The number of aromatic nitrogens is 2. The van der Waals surface area contributed by atoms with E-state index in [1.807, 2.05) is 4.90 Å². The van der Waals surface area contributed by atoms with E-state index in [9.17, 15) is 19.7 Å². The predicted octanol–water partition coefficient (Wildman–Crippen LogP) is 1.29. The molecule has 2 aromatic rings. The molecule has 0 spiro atoms. The average molecular weight is 422 g/mol. The van der Waals surface area contributed by atoms with Crippen molar-refractivity contribution >= 4 is 45.7 Å². The molecule has 148 valence electrons. The van der Waals surface area contributed by atoms with Gasteiger partial charge in [0.2, 0.25) is 11.0 Å². The third kappa shape index (κ3) is 4.39. The highest BCUT2D eigenvalue weighted by Crippen LogP contribution is 2.29. The Labute approximate surface area is 168 Å². The van der Waals surface area contributed by atoms with Crippen molar-refractivity contribution in [1.82, 2.24) is 15.1 Å². The van der Waals surface area contributed by atoms with E-state index in [0.717, 1.165) is 5.13 Å². The number of primary amides is 1. The molecule has 1 aromatic carbocycles. The molecule has 0 radical (unpaired) electrons. The van der Waals surface area contributed by atoms with E-state index in [0.29, 0.717) is 41.6 Å². The number of piperazine rings is 1. The fraction of sp³-hybridized carbons (Fsp3) is 0.375. The van der Waals surface area contributed by atoms with Gasteiger partial charge in [-0.1, -0.05) is 29.2 Å². The lowest BCUT2D eigenvalue weighted by Gasteiger charge is -2.34. The van der Waals surface area contributed by atoms with Crippen molar-refractivity contribution in [3.63, 3.8) is 0 Å². The van der Waals surface area contributed by atoms with Gasteiger partial charge < -0.3 is 15.5 Å². The molecule has 1 fully saturated rings. The highest BCUT2D eigenvalue weighted by Gasteiger charge is 2.27. The van der Waals surface area contributed by atoms with Gasteiger partial charge in [-0.3, -0.25) is 19.7 Å². The number of nitrogens with two attached hydrogens (primary N) is 1. The maximum Gasteiger partial charge on any atom is 0.273 e. The first kappa shape index (κ1) is 20.0. The summed E-state index contributed by atoms with van der Waals surface area (Å²) < 4.78 is 0.666. The highest BCUT2D eigenvalue weighted by atomic mass is 32.2. The quantitative estimate of drug-likeness (QED) is 0.418. The molecule has 0 atom stereocenters. The number of thioether (sulfide) groups is 1. The van der Waals surface area contributed by atoms with Crippen molar-refractivity contribution in [2.45, 2.75) is 11.3 Å². The van der Waals surface area contributed by atoms with Crippen molar-refractivity contribution in [3.05, 3.63) is 39.4 Å². The van der Waals surface area contributed by atoms with Gasteiger partial charge in [0.15, 0.2) is 4.34 Å². The largest absolute Gasteiger partial charge is 0.369 e. The fourth-order valence-electron chi connectivity index (χ4n) is 2.85. The molecule has 0 unspecified atom stereocenters. The first-order valence-corrected chi connectivity index (χ1v) is 10.2. The Kier molecular flexibility index (Phi) is 6.09. The van der Waals surface area contributed by atoms with Crippen LogP contribution in [0, 0.1) is 17.0 Å². The van der Waals surface area contributed by atoms with E-state index < -0.39 is 10.8 Å². The number of nitro benzene ring substituents is 1. The van der Waals surface area contributed by atoms with Crippen LogP contribution in [0.3, 0.4) is 0 Å². The average Bonchev–Trinajstić information content (AvgIpc) is 3.15. The molecule has 1 aliphatic heterocycles. The van der Waals surface area contributed by atoms with Crippen LogP contribution in [-0.4, -0.2) is 63.8 Å². The van der Waals surface area contributed by atoms with Crippen LogP contribution in [-0.2, 0) is 4.79 Å². The van der Waals surface area contributed by atoms with E-state index in [2.05, 4.69) is 10.2 Å². The molecule has 0 aliphatic carbocycles. The monoisotopic (exact) mass is 422 g/mol. The first-order chi connectivity index (χ1) is 13.4. The van der Waals surface area contributed by atoms with Crippen LogP contribution < -0.4 is 10.6 Å². The minimum atomic E-state index is -0.479. The standard InChI is InChI=1S/C16H18N6O4S2/c1-10-11(3-2-4-12(10)22(25)26)14(24)20-5-7-21(8-6-20)15-18-19-16(28-15)27-9-13(17)23/h2-4H,5-9H2,1H3,(H2,17,23). The van der Waals surface area contributed by atoms with Gasteiger partial charge in [0.1, 0.15) is 0 Å². The van der Waals surface area contributed by atoms with Crippen LogP contribution in [0.2, 0.25) is 0 Å². The van der Waals surface area contributed by atoms with Crippen LogP contribution in [0.4, 0.5) is 10.8 Å². The molecule has 10 nitrogen and oxygen atoms in total. The molecule has 3 rings (SSSR count). The second kappa shape index (κ2) is 8.52. The third-order valence-electron chi connectivity index (χ3n) is 4.30. The van der Waals surface area contributed by atoms with E-state index in [1.54, 1.807) is 17.9 Å². The molecule has 0 bridgehead atoms. The molecular weight excluding hydrogens is 404 g/mol. The van der Waals surface area contributed by atoms with Gasteiger partial charge in [0.05, 0.1) is 10.7 Å². The van der Waals surface area contributed by atoms with E-state index in [4.69, 9.17) is 5.73 Å². The van der Waals surface area contributed by atoms with E-state index in [1.165, 1.54) is 35.2 Å². The van der Waals surface area contributed by atoms with Crippen molar-refractivity contribution in [2.75, 3.05) is 36.8 Å². The lowest BCUT2D eigenvalue weighted by atomic mass is 10.1. The Balaban J connectivity index is 1.63. The molecule has 12 heteroatoms. The molecule has 0 saturated carbocycles. The summed E-state index contributed by atoms with van der Waals surface area (Å²) in [4.78, 5) is 38.0. The molecule has 1 aromatic heterocycles. The summed E-state index contributed by atoms with van der Waals surface area (Å²) in [5.74, 6) is -0.472. The maximum absolute atomic E-state index is 12.8. The van der Waals surface area contributed by atoms with Crippen molar-refractivity contribution < 1.29 is 14.5 Å². The SMILES string of the molecule is Cc1c(C(=O)N2CCN(c3nnc(SCC(N)=O)s3)CC2)cccc1[N+](=O)[O-]. The molecule has 28 heavy (non-hydrogen) atoms. The number of nitro groups is 1. The molecular formula is C16H18N6O4S2. The first-order valence-electron chi connectivity index (χ1n) is 8.39. The Hall–Kier alpha value is -2.73. The van der Waals surface area contributed by atoms with Crippen molar-refractivity contribution in [2.24, 2.45) is 5.73 Å². The predicted molar refractivity (Wildman–Crippen MR) is 106 cm³/mol. The number of nitrogens with zero attached hydrogens (tertiary/aromatic N) is 5. The lowest BCUT2D eigenvalue weighted by molar-refractivity contribution is -0.385. The second-order valence-corrected chi connectivity index (χ2v) is 8.27. The van der Waals surface area contributed by atoms with Crippen LogP contribution in [0.15, 0.2) is 22.5 Å². The van der Waals surface area contributed by atoms with Crippen molar-refractivity contribution in [3.8, 4) is 0 Å². The molecule has 1 saturated heterocycles. The van der Waals surface area contributed by atoms with Crippen LogP contribution >= 0.6 is 23.1 Å². The normalized spacial score (nSPS) is 14.2. The molecule has 2 amide bonds. The number of carbonyl (C=O) groups is 2. The van der Waals surface area contributed by atoms with Gasteiger partial charge in [0, 0.05) is 43.4 Å². The minimum absolute atomic E-state index is 0.0562. The number of amides is 2. The lowest BCUT2D eigenvalue weighted by Crippen LogP contribution is -2.49. The summed E-state index contributed by atoms with van der Waals surface area (Å²) in [6.45, 7) is 3.70. The topological polar surface area (TPSA) is 136 Å². The highest BCUT2D eigenvalue weighted by molar-refractivity contribution is 8.01. The molecule has 2 heterocycles. The summed E-state index contributed by atoms with van der Waals surface area (Å²) in [6, 6.07) is 4.54. The Morgan fingerprint density at radius 2 is 2.00 bits per heavy atom. The van der Waals surface area contributed by atoms with Gasteiger partial charge in [-0.05, 0) is 13.0 Å². The van der Waals surface area contributed by atoms with Crippen LogP contribution in [0.1, 0.15) is 15.9 Å². The van der Waals surface area contributed by atoms with Crippen LogP contribution in [0.25, 0.3) is 0 Å². The zero-order valence-corrected chi connectivity index (χ0v) is 16.7. The summed E-state index contributed by atoms with van der Waals surface area (Å²) in [6.07, 6.45) is 0. The van der Waals surface area contributed by atoms with Crippen LogP contribution in [0.5, 0.6) is 0 Å². The minimum Gasteiger partial charge on any atom is -0.369 e. The van der Waals surface area contributed by atoms with Gasteiger partial charge >= 0.3 is 0 Å². The number of carbonyl (C=O) groups excluding carboxylic acids is 2. The number of hydrogen-bond acceptors (Lipinski definition) is 9. The van der Waals surface area contributed by atoms with Gasteiger partial charge in [-0.15, -0.1) is 10.2 Å². The number of anilines is 1. The Bertz CT molecular complexity index is 910. The van der Waals surface area contributed by atoms with Crippen molar-refractivity contribution in [1.29, 1.82) is 0 Å². The van der Waals surface area contributed by atoms with Gasteiger partial charge in [0.25, 0.3) is 11.6 Å². The second-order valence-electron chi connectivity index (χ2n) is 6.09. The van der Waals surface area contributed by atoms with Gasteiger partial charge in [-0.2, -0.15) is 0 Å². The Morgan fingerprint density at radius 1 is 1.29 bits per heavy atom. The smallest absolute Gasteiger partial charge is 0.273 e. The zero-order valence-electron chi connectivity index (χ0n) is 15.0. The maximum atomic E-state index is 12.8. The third-order valence-corrected chi connectivity index (χ3v) is 6.44.